The summed E-state index contributed by atoms with van der Waals surface area (Å²) in [5, 5.41) is 0. The van der Waals surface area contributed by atoms with Crippen LogP contribution in [-0.4, -0.2) is 38.9 Å². The number of hydrogen-bond acceptors (Lipinski definition) is 3. The zero-order chi connectivity index (χ0) is 18.2. The predicted molar refractivity (Wildman–Crippen MR) is 109 cm³/mol. The van der Waals surface area contributed by atoms with E-state index >= 15 is 0 Å². The van der Waals surface area contributed by atoms with Gasteiger partial charge in [0.25, 0.3) is 0 Å². The third-order valence-corrected chi connectivity index (χ3v) is 7.83. The molecule has 0 aromatic heterocycles. The summed E-state index contributed by atoms with van der Waals surface area (Å²) >= 11 is 6.72. The average molecular weight is 488 g/mol. The van der Waals surface area contributed by atoms with Crippen molar-refractivity contribution in [2.24, 2.45) is 0 Å². The van der Waals surface area contributed by atoms with Crippen LogP contribution in [0, 0.1) is 13.8 Å². The Bertz CT molecular complexity index is 892. The fourth-order valence-corrected chi connectivity index (χ4v) is 6.03. The molecule has 1 heterocycles. The highest BCUT2D eigenvalue weighted by Gasteiger charge is 2.30. The van der Waals surface area contributed by atoms with Gasteiger partial charge in [-0.3, -0.25) is 0 Å². The third kappa shape index (κ3) is 3.94. The molecule has 0 bridgehead atoms. The molecule has 1 saturated heterocycles. The Kier molecular flexibility index (Phi) is 5.58. The van der Waals surface area contributed by atoms with Gasteiger partial charge in [-0.2, -0.15) is 4.31 Å². The Hall–Kier alpha value is -0.890. The summed E-state index contributed by atoms with van der Waals surface area (Å²) in [5.74, 6) is 0. The zero-order valence-corrected chi connectivity index (χ0v) is 18.2. The molecular weight excluding hydrogens is 468 g/mol. The highest BCUT2D eigenvalue weighted by Crippen LogP contribution is 2.30. The maximum atomic E-state index is 13.0. The first-order chi connectivity index (χ1) is 11.8. The number of benzene rings is 2. The number of nitrogens with zero attached hydrogens (tertiary/aromatic N) is 2. The molecule has 0 saturated carbocycles. The minimum absolute atomic E-state index is 0.307. The monoisotopic (exact) mass is 486 g/mol. The highest BCUT2D eigenvalue weighted by atomic mass is 79.9. The van der Waals surface area contributed by atoms with Gasteiger partial charge < -0.3 is 4.90 Å². The minimum atomic E-state index is -3.51. The second kappa shape index (κ2) is 7.39. The van der Waals surface area contributed by atoms with Crippen molar-refractivity contribution in [1.29, 1.82) is 0 Å². The lowest BCUT2D eigenvalue weighted by Crippen LogP contribution is -2.48. The lowest BCUT2D eigenvalue weighted by atomic mass is 10.1. The van der Waals surface area contributed by atoms with Gasteiger partial charge in [-0.25, -0.2) is 8.42 Å². The van der Waals surface area contributed by atoms with Crippen molar-refractivity contribution in [2.75, 3.05) is 31.1 Å². The van der Waals surface area contributed by atoms with E-state index in [2.05, 4.69) is 68.8 Å². The van der Waals surface area contributed by atoms with Crippen LogP contribution >= 0.6 is 31.9 Å². The summed E-state index contributed by atoms with van der Waals surface area (Å²) in [4.78, 5) is 2.57. The van der Waals surface area contributed by atoms with Gasteiger partial charge in [-0.15, -0.1) is 0 Å². The lowest BCUT2D eigenvalue weighted by molar-refractivity contribution is 0.384. The highest BCUT2D eigenvalue weighted by molar-refractivity contribution is 9.11. The SMILES string of the molecule is Cc1ccc(N2CCN(S(=O)(=O)c3cc(Br)ccc3Br)CC2)c(C)c1. The Morgan fingerprint density at radius 1 is 0.920 bits per heavy atom. The van der Waals surface area contributed by atoms with Crippen molar-refractivity contribution in [3.05, 3.63) is 56.5 Å². The van der Waals surface area contributed by atoms with E-state index < -0.39 is 10.0 Å². The third-order valence-electron chi connectivity index (χ3n) is 4.44. The molecule has 3 rings (SSSR count). The van der Waals surface area contributed by atoms with Crippen LogP contribution in [0.4, 0.5) is 5.69 Å². The van der Waals surface area contributed by atoms with Gasteiger partial charge >= 0.3 is 0 Å². The van der Waals surface area contributed by atoms with Gasteiger partial charge in [0.2, 0.25) is 10.0 Å². The largest absolute Gasteiger partial charge is 0.369 e. The molecule has 0 amide bonds. The van der Waals surface area contributed by atoms with E-state index in [1.54, 1.807) is 16.4 Å². The van der Waals surface area contributed by atoms with E-state index in [1.165, 1.54) is 16.8 Å². The molecule has 0 unspecified atom stereocenters. The molecule has 4 nitrogen and oxygen atoms in total. The van der Waals surface area contributed by atoms with Crippen LogP contribution in [0.5, 0.6) is 0 Å². The number of hydrogen-bond donors (Lipinski definition) is 0. The summed E-state index contributed by atoms with van der Waals surface area (Å²) in [6.07, 6.45) is 0. The molecule has 0 N–H and O–H groups in total. The topological polar surface area (TPSA) is 40.6 Å². The molecule has 0 atom stereocenters. The molecule has 0 radical (unpaired) electrons. The van der Waals surface area contributed by atoms with E-state index in [0.717, 1.165) is 4.47 Å². The van der Waals surface area contributed by atoms with Crippen molar-refractivity contribution in [2.45, 2.75) is 18.7 Å². The molecule has 0 spiro atoms. The molecule has 1 aliphatic rings. The molecule has 134 valence electrons. The molecule has 0 aliphatic carbocycles. The maximum Gasteiger partial charge on any atom is 0.244 e. The maximum absolute atomic E-state index is 13.0. The summed E-state index contributed by atoms with van der Waals surface area (Å²) < 4.78 is 28.9. The van der Waals surface area contributed by atoms with Crippen molar-refractivity contribution in [1.82, 2.24) is 4.31 Å². The van der Waals surface area contributed by atoms with E-state index in [1.807, 2.05) is 6.07 Å². The lowest BCUT2D eigenvalue weighted by Gasteiger charge is -2.36. The second-order valence-corrected chi connectivity index (χ2v) is 9.93. The molecule has 1 aliphatic heterocycles. The Morgan fingerprint density at radius 3 is 2.24 bits per heavy atom. The van der Waals surface area contributed by atoms with Crippen LogP contribution in [0.25, 0.3) is 0 Å². The standard InChI is InChI=1S/C18H20Br2N2O2S/c1-13-3-6-17(14(2)11-13)21-7-9-22(10-8-21)25(23,24)18-12-15(19)4-5-16(18)20/h3-6,11-12H,7-10H2,1-2H3. The van der Waals surface area contributed by atoms with Gasteiger partial charge in [-0.1, -0.05) is 33.6 Å². The van der Waals surface area contributed by atoms with Gasteiger partial charge in [-0.05, 0) is 59.6 Å². The van der Waals surface area contributed by atoms with Crippen LogP contribution < -0.4 is 4.90 Å². The average Bonchev–Trinajstić information content (AvgIpc) is 2.57. The Labute approximate surface area is 166 Å². The van der Waals surface area contributed by atoms with Gasteiger partial charge in [0.1, 0.15) is 0 Å². The molecule has 25 heavy (non-hydrogen) atoms. The summed E-state index contributed by atoms with van der Waals surface area (Å²) in [7, 11) is -3.51. The van der Waals surface area contributed by atoms with Gasteiger partial charge in [0, 0.05) is 40.8 Å². The van der Waals surface area contributed by atoms with E-state index in [0.29, 0.717) is 35.5 Å². The number of aryl methyl sites for hydroxylation is 2. The van der Waals surface area contributed by atoms with Crippen molar-refractivity contribution >= 4 is 47.6 Å². The van der Waals surface area contributed by atoms with Crippen molar-refractivity contribution < 1.29 is 8.42 Å². The quantitative estimate of drug-likeness (QED) is 0.646. The molecule has 2 aromatic carbocycles. The number of anilines is 1. The van der Waals surface area contributed by atoms with Crippen LogP contribution in [0.2, 0.25) is 0 Å². The molecular formula is C18H20Br2N2O2S. The smallest absolute Gasteiger partial charge is 0.244 e. The van der Waals surface area contributed by atoms with Crippen LogP contribution in [-0.2, 0) is 10.0 Å². The molecule has 1 fully saturated rings. The van der Waals surface area contributed by atoms with Crippen LogP contribution in [0.15, 0.2) is 50.2 Å². The number of halogens is 2. The number of piperazine rings is 1. The van der Waals surface area contributed by atoms with E-state index in [4.69, 9.17) is 0 Å². The Balaban J connectivity index is 1.78. The van der Waals surface area contributed by atoms with Crippen LogP contribution in [0.3, 0.4) is 0 Å². The first-order valence-corrected chi connectivity index (χ1v) is 11.1. The summed E-state index contributed by atoms with van der Waals surface area (Å²) in [6.45, 7) is 6.52. The zero-order valence-electron chi connectivity index (χ0n) is 14.2. The molecule has 7 heteroatoms. The normalized spacial score (nSPS) is 16.2. The summed E-state index contributed by atoms with van der Waals surface area (Å²) in [5.41, 5.74) is 3.65. The fraction of sp³-hybridized carbons (Fsp3) is 0.333. The first-order valence-electron chi connectivity index (χ1n) is 8.06. The van der Waals surface area contributed by atoms with E-state index in [-0.39, 0.29) is 0 Å². The van der Waals surface area contributed by atoms with Gasteiger partial charge in [0.05, 0.1) is 4.90 Å². The Morgan fingerprint density at radius 2 is 1.60 bits per heavy atom. The fourth-order valence-electron chi connectivity index (χ4n) is 3.14. The van der Waals surface area contributed by atoms with Gasteiger partial charge in [0.15, 0.2) is 0 Å². The number of sulfonamides is 1. The predicted octanol–water partition coefficient (Wildman–Crippen LogP) is 4.34. The minimum Gasteiger partial charge on any atom is -0.369 e. The second-order valence-electron chi connectivity index (χ2n) is 6.26. The van der Waals surface area contributed by atoms with Crippen molar-refractivity contribution in [3.8, 4) is 0 Å². The number of rotatable bonds is 3. The van der Waals surface area contributed by atoms with E-state index in [9.17, 15) is 8.42 Å². The first kappa shape index (κ1) is 18.9. The molecule has 2 aromatic rings. The summed E-state index contributed by atoms with van der Waals surface area (Å²) in [6, 6.07) is 11.6. The van der Waals surface area contributed by atoms with Crippen LogP contribution in [0.1, 0.15) is 11.1 Å². The van der Waals surface area contributed by atoms with Crippen molar-refractivity contribution in [3.63, 3.8) is 0 Å².